The van der Waals surface area contributed by atoms with Crippen molar-refractivity contribution >= 4 is 0 Å². The normalized spacial score (nSPS) is 17.6. The van der Waals surface area contributed by atoms with Gasteiger partial charge in [0, 0.05) is 55.1 Å². The van der Waals surface area contributed by atoms with E-state index < -0.39 is 11.7 Å². The van der Waals surface area contributed by atoms with Crippen molar-refractivity contribution in [3.8, 4) is 11.3 Å². The van der Waals surface area contributed by atoms with Crippen molar-refractivity contribution < 1.29 is 13.2 Å². The molecule has 0 amide bonds. The molecule has 0 spiro atoms. The summed E-state index contributed by atoms with van der Waals surface area (Å²) in [7, 11) is 0. The van der Waals surface area contributed by atoms with Gasteiger partial charge in [0.15, 0.2) is 0 Å². The zero-order valence-electron chi connectivity index (χ0n) is 17.3. The zero-order valence-corrected chi connectivity index (χ0v) is 17.3. The number of nitrogens with zero attached hydrogens (tertiary/aromatic N) is 5. The van der Waals surface area contributed by atoms with Gasteiger partial charge in [-0.15, -0.1) is 0 Å². The predicted molar refractivity (Wildman–Crippen MR) is 111 cm³/mol. The fraction of sp³-hybridized carbons (Fsp3) is 0.391. The lowest BCUT2D eigenvalue weighted by Crippen LogP contribution is -2.34. The number of alkyl halides is 3. The maximum Gasteiger partial charge on any atom is 0.416 e. The Hall–Kier alpha value is -2.87. The minimum absolute atomic E-state index is 0.183. The second-order valence-corrected chi connectivity index (χ2v) is 7.84. The SMILES string of the molecule is CCc1ncc(CN2CCCC(c3cncc(-c4cccc(C(F)(F)F)c4)n3)C2)cn1. The number of aromatic nitrogens is 4. The fourth-order valence-electron chi connectivity index (χ4n) is 3.92. The van der Waals surface area contributed by atoms with E-state index >= 15 is 0 Å². The van der Waals surface area contributed by atoms with Gasteiger partial charge in [0.2, 0.25) is 0 Å². The van der Waals surface area contributed by atoms with Crippen molar-refractivity contribution in [2.75, 3.05) is 13.1 Å². The first-order valence-electron chi connectivity index (χ1n) is 10.4. The van der Waals surface area contributed by atoms with Crippen LogP contribution >= 0.6 is 0 Å². The van der Waals surface area contributed by atoms with Gasteiger partial charge in [-0.2, -0.15) is 13.2 Å². The first-order valence-corrected chi connectivity index (χ1v) is 10.4. The standard InChI is InChI=1S/C23H24F3N5/c1-2-22-28-10-16(11-29-22)14-31-8-4-6-18(15-31)21-13-27-12-20(30-21)17-5-3-7-19(9-17)23(24,25)26/h3,5,7,9-13,18H,2,4,6,8,14-15H2,1H3. The third-order valence-corrected chi connectivity index (χ3v) is 5.54. The van der Waals surface area contributed by atoms with Gasteiger partial charge >= 0.3 is 6.18 Å². The van der Waals surface area contributed by atoms with Crippen molar-refractivity contribution in [3.63, 3.8) is 0 Å². The molecule has 1 atom stereocenters. The predicted octanol–water partition coefficient (Wildman–Crippen LogP) is 4.89. The summed E-state index contributed by atoms with van der Waals surface area (Å²) in [5.41, 5.74) is 2.09. The summed E-state index contributed by atoms with van der Waals surface area (Å²) < 4.78 is 39.2. The van der Waals surface area contributed by atoms with Crippen LogP contribution in [0.3, 0.4) is 0 Å². The summed E-state index contributed by atoms with van der Waals surface area (Å²) in [5, 5.41) is 0. The Morgan fingerprint density at radius 3 is 2.65 bits per heavy atom. The van der Waals surface area contributed by atoms with Crippen molar-refractivity contribution in [3.05, 3.63) is 71.7 Å². The maximum atomic E-state index is 13.1. The molecule has 1 aromatic carbocycles. The van der Waals surface area contributed by atoms with E-state index in [-0.39, 0.29) is 5.92 Å². The molecule has 0 aliphatic carbocycles. The van der Waals surface area contributed by atoms with E-state index in [2.05, 4.69) is 24.8 Å². The van der Waals surface area contributed by atoms with Crippen LogP contribution in [0.25, 0.3) is 11.3 Å². The molecule has 31 heavy (non-hydrogen) atoms. The first-order chi connectivity index (χ1) is 14.9. The molecule has 5 nitrogen and oxygen atoms in total. The summed E-state index contributed by atoms with van der Waals surface area (Å²) in [5.74, 6) is 1.02. The van der Waals surface area contributed by atoms with Crippen LogP contribution in [-0.4, -0.2) is 37.9 Å². The monoisotopic (exact) mass is 427 g/mol. The molecule has 1 unspecified atom stereocenters. The van der Waals surface area contributed by atoms with Crippen molar-refractivity contribution in [2.45, 2.75) is 44.8 Å². The number of rotatable bonds is 5. The van der Waals surface area contributed by atoms with Gasteiger partial charge in [0.25, 0.3) is 0 Å². The van der Waals surface area contributed by atoms with Crippen molar-refractivity contribution in [1.82, 2.24) is 24.8 Å². The molecule has 4 rings (SSSR count). The number of aryl methyl sites for hydroxylation is 1. The number of hydrogen-bond acceptors (Lipinski definition) is 5. The molecule has 1 fully saturated rings. The molecule has 1 aliphatic rings. The lowest BCUT2D eigenvalue weighted by Gasteiger charge is -2.32. The number of piperidine rings is 1. The average molecular weight is 427 g/mol. The Kier molecular flexibility index (Phi) is 6.27. The van der Waals surface area contributed by atoms with Crippen molar-refractivity contribution in [1.29, 1.82) is 0 Å². The van der Waals surface area contributed by atoms with Gasteiger partial charge < -0.3 is 0 Å². The molecule has 0 N–H and O–H groups in total. The van der Waals surface area contributed by atoms with Crippen LogP contribution in [0, 0.1) is 0 Å². The number of halogens is 3. The van der Waals surface area contributed by atoms with E-state index in [0.29, 0.717) is 11.3 Å². The molecular formula is C23H24F3N5. The third-order valence-electron chi connectivity index (χ3n) is 5.54. The van der Waals surface area contributed by atoms with E-state index in [0.717, 1.165) is 68.1 Å². The summed E-state index contributed by atoms with van der Waals surface area (Å²) in [4.78, 5) is 20.0. The largest absolute Gasteiger partial charge is 0.416 e. The Labute approximate surface area is 179 Å². The Bertz CT molecular complexity index is 1020. The van der Waals surface area contributed by atoms with E-state index in [1.807, 2.05) is 19.3 Å². The van der Waals surface area contributed by atoms with Gasteiger partial charge in [-0.05, 0) is 31.5 Å². The Morgan fingerprint density at radius 2 is 1.90 bits per heavy atom. The third kappa shape index (κ3) is 5.25. The van der Waals surface area contributed by atoms with E-state index in [9.17, 15) is 13.2 Å². The van der Waals surface area contributed by atoms with Crippen molar-refractivity contribution in [2.24, 2.45) is 0 Å². The van der Waals surface area contributed by atoms with E-state index in [4.69, 9.17) is 0 Å². The van der Waals surface area contributed by atoms with Crippen LogP contribution in [0.4, 0.5) is 13.2 Å². The summed E-state index contributed by atoms with van der Waals surface area (Å²) in [6.45, 7) is 4.59. The van der Waals surface area contributed by atoms with Crippen LogP contribution in [0.2, 0.25) is 0 Å². The molecule has 2 aromatic heterocycles. The molecule has 1 saturated heterocycles. The summed E-state index contributed by atoms with van der Waals surface area (Å²) >= 11 is 0. The molecule has 0 radical (unpaired) electrons. The Balaban J connectivity index is 1.49. The minimum atomic E-state index is -4.38. The molecule has 3 heterocycles. The highest BCUT2D eigenvalue weighted by Crippen LogP contribution is 2.32. The molecule has 162 valence electrons. The van der Waals surface area contributed by atoms with Crippen LogP contribution < -0.4 is 0 Å². The summed E-state index contributed by atoms with van der Waals surface area (Å²) in [6.07, 6.45) is 5.43. The lowest BCUT2D eigenvalue weighted by molar-refractivity contribution is -0.137. The lowest BCUT2D eigenvalue weighted by atomic mass is 9.94. The maximum absolute atomic E-state index is 13.1. The highest BCUT2D eigenvalue weighted by molar-refractivity contribution is 5.59. The van der Waals surface area contributed by atoms with E-state index in [1.54, 1.807) is 12.3 Å². The summed E-state index contributed by atoms with van der Waals surface area (Å²) in [6, 6.07) is 5.23. The topological polar surface area (TPSA) is 54.8 Å². The Morgan fingerprint density at radius 1 is 1.10 bits per heavy atom. The van der Waals surface area contributed by atoms with Crippen LogP contribution in [0.15, 0.2) is 49.1 Å². The van der Waals surface area contributed by atoms with Gasteiger partial charge in [-0.3, -0.25) is 9.88 Å². The molecule has 3 aromatic rings. The number of benzene rings is 1. The zero-order chi connectivity index (χ0) is 21.8. The quantitative estimate of drug-likeness (QED) is 0.580. The smallest absolute Gasteiger partial charge is 0.298 e. The number of likely N-dealkylation sites (tertiary alicyclic amines) is 1. The second-order valence-electron chi connectivity index (χ2n) is 7.84. The van der Waals surface area contributed by atoms with Crippen LogP contribution in [0.5, 0.6) is 0 Å². The highest BCUT2D eigenvalue weighted by Gasteiger charge is 2.30. The van der Waals surface area contributed by atoms with E-state index in [1.165, 1.54) is 12.3 Å². The molecular weight excluding hydrogens is 403 g/mol. The highest BCUT2D eigenvalue weighted by atomic mass is 19.4. The molecule has 0 bridgehead atoms. The van der Waals surface area contributed by atoms with Gasteiger partial charge in [-0.1, -0.05) is 19.1 Å². The number of hydrogen-bond donors (Lipinski definition) is 0. The fourth-order valence-corrected chi connectivity index (χ4v) is 3.92. The second kappa shape index (κ2) is 9.09. The van der Waals surface area contributed by atoms with Crippen LogP contribution in [-0.2, 0) is 19.1 Å². The van der Waals surface area contributed by atoms with Gasteiger partial charge in [-0.25, -0.2) is 15.0 Å². The molecule has 8 heteroatoms. The molecule has 1 aliphatic heterocycles. The van der Waals surface area contributed by atoms with Gasteiger partial charge in [0.05, 0.1) is 23.1 Å². The molecule has 0 saturated carbocycles. The van der Waals surface area contributed by atoms with Crippen LogP contribution in [0.1, 0.15) is 48.3 Å². The minimum Gasteiger partial charge on any atom is -0.298 e. The average Bonchev–Trinajstić information content (AvgIpc) is 2.79. The first kappa shape index (κ1) is 21.4. The van der Waals surface area contributed by atoms with Gasteiger partial charge in [0.1, 0.15) is 5.82 Å².